The quantitative estimate of drug-likeness (QED) is 0.660. The molecule has 0 heterocycles. The highest BCUT2D eigenvalue weighted by molar-refractivity contribution is 4.92. The van der Waals surface area contributed by atoms with Crippen molar-refractivity contribution in [3.8, 4) is 24.3 Å². The summed E-state index contributed by atoms with van der Waals surface area (Å²) in [5.74, 6) is 1.85. The Balaban J connectivity index is 2.85. The van der Waals surface area contributed by atoms with Crippen LogP contribution in [-0.4, -0.2) is 0 Å². The number of rotatable bonds is 8. The van der Waals surface area contributed by atoms with Crippen molar-refractivity contribution in [1.82, 2.24) is 0 Å². The van der Waals surface area contributed by atoms with Gasteiger partial charge in [0.15, 0.2) is 0 Å². The topological polar surface area (TPSA) is 95.2 Å². The molecule has 1 aliphatic rings. The fraction of sp³-hybridized carbons (Fsp3) is 0.778. The van der Waals surface area contributed by atoms with Gasteiger partial charge in [0, 0.05) is 25.7 Å². The second-order valence-electron chi connectivity index (χ2n) is 6.21. The minimum atomic E-state index is 0.429. The first kappa shape index (κ1) is 18.0. The molecule has 0 aromatic heterocycles. The Kier molecular flexibility index (Phi) is 8.72. The highest BCUT2D eigenvalue weighted by atomic mass is 14.4. The van der Waals surface area contributed by atoms with Gasteiger partial charge < -0.3 is 0 Å². The van der Waals surface area contributed by atoms with Gasteiger partial charge in [0.25, 0.3) is 0 Å². The Morgan fingerprint density at radius 1 is 0.545 bits per heavy atom. The van der Waals surface area contributed by atoms with Gasteiger partial charge in [-0.25, -0.2) is 0 Å². The van der Waals surface area contributed by atoms with Gasteiger partial charge in [-0.15, -0.1) is 0 Å². The fourth-order valence-corrected chi connectivity index (χ4v) is 4.13. The molecule has 0 aromatic rings. The Hall–Kier alpha value is -2.04. The third-order valence-electron chi connectivity index (χ3n) is 5.10. The van der Waals surface area contributed by atoms with Crippen molar-refractivity contribution >= 4 is 0 Å². The lowest BCUT2D eigenvalue weighted by Crippen LogP contribution is -2.35. The number of hydrogen-bond acceptors (Lipinski definition) is 4. The maximum absolute atomic E-state index is 8.93. The Morgan fingerprint density at radius 2 is 0.864 bits per heavy atom. The summed E-state index contributed by atoms with van der Waals surface area (Å²) in [5.41, 5.74) is 0. The first-order valence-corrected chi connectivity index (χ1v) is 8.26. The predicted octanol–water partition coefficient (Wildman–Crippen LogP) is 4.46. The standard InChI is InChI=1S/C18H24N4/c19-11-1-5-15-9-10-16(6-2-12-20)18(8-4-14-22)17(15)7-3-13-21/h15-18H,1-10H2. The molecule has 0 radical (unpaired) electrons. The van der Waals surface area contributed by atoms with E-state index in [2.05, 4.69) is 24.3 Å². The van der Waals surface area contributed by atoms with Crippen LogP contribution in [0.2, 0.25) is 0 Å². The van der Waals surface area contributed by atoms with Crippen molar-refractivity contribution in [2.75, 3.05) is 0 Å². The Labute approximate surface area is 134 Å². The third kappa shape index (κ3) is 5.39. The molecule has 116 valence electrons. The monoisotopic (exact) mass is 296 g/mol. The van der Waals surface area contributed by atoms with Crippen LogP contribution in [0.5, 0.6) is 0 Å². The molecule has 1 saturated carbocycles. The van der Waals surface area contributed by atoms with Gasteiger partial charge in [0.2, 0.25) is 0 Å². The summed E-state index contributed by atoms with van der Waals surface area (Å²) >= 11 is 0. The van der Waals surface area contributed by atoms with E-state index in [9.17, 15) is 0 Å². The average Bonchev–Trinajstić information content (AvgIpc) is 2.55. The molecule has 0 amide bonds. The highest BCUT2D eigenvalue weighted by Gasteiger charge is 2.37. The van der Waals surface area contributed by atoms with E-state index < -0.39 is 0 Å². The van der Waals surface area contributed by atoms with Crippen LogP contribution < -0.4 is 0 Å². The molecule has 4 nitrogen and oxygen atoms in total. The molecule has 1 fully saturated rings. The van der Waals surface area contributed by atoms with Crippen molar-refractivity contribution in [3.05, 3.63) is 0 Å². The van der Waals surface area contributed by atoms with Crippen molar-refractivity contribution < 1.29 is 0 Å². The summed E-state index contributed by atoms with van der Waals surface area (Å²) in [5, 5.41) is 35.6. The lowest BCUT2D eigenvalue weighted by Gasteiger charge is -2.43. The van der Waals surface area contributed by atoms with Crippen LogP contribution in [0.4, 0.5) is 0 Å². The summed E-state index contributed by atoms with van der Waals surface area (Å²) in [7, 11) is 0. The summed E-state index contributed by atoms with van der Waals surface area (Å²) in [4.78, 5) is 0. The van der Waals surface area contributed by atoms with Gasteiger partial charge in [-0.2, -0.15) is 21.0 Å². The second-order valence-corrected chi connectivity index (χ2v) is 6.21. The van der Waals surface area contributed by atoms with Crippen molar-refractivity contribution in [1.29, 1.82) is 21.0 Å². The normalized spacial score (nSPS) is 27.1. The number of nitriles is 4. The van der Waals surface area contributed by atoms with Gasteiger partial charge >= 0.3 is 0 Å². The van der Waals surface area contributed by atoms with Crippen molar-refractivity contribution in [3.63, 3.8) is 0 Å². The van der Waals surface area contributed by atoms with Crippen LogP contribution in [0.3, 0.4) is 0 Å². The van der Waals surface area contributed by atoms with Crippen LogP contribution in [-0.2, 0) is 0 Å². The van der Waals surface area contributed by atoms with E-state index in [1.54, 1.807) is 0 Å². The first-order chi connectivity index (χ1) is 10.8. The van der Waals surface area contributed by atoms with Crippen LogP contribution in [0.25, 0.3) is 0 Å². The molecule has 1 rings (SSSR count). The second kappa shape index (κ2) is 10.7. The number of nitrogens with zero attached hydrogens (tertiary/aromatic N) is 4. The van der Waals surface area contributed by atoms with Crippen LogP contribution >= 0.6 is 0 Å². The van der Waals surface area contributed by atoms with E-state index in [1.807, 2.05) is 0 Å². The van der Waals surface area contributed by atoms with E-state index in [1.165, 1.54) is 0 Å². The molecule has 22 heavy (non-hydrogen) atoms. The highest BCUT2D eigenvalue weighted by Crippen LogP contribution is 2.46. The molecular weight excluding hydrogens is 272 g/mol. The van der Waals surface area contributed by atoms with Gasteiger partial charge in [-0.1, -0.05) is 0 Å². The molecular formula is C18H24N4. The van der Waals surface area contributed by atoms with E-state index >= 15 is 0 Å². The van der Waals surface area contributed by atoms with E-state index in [0.29, 0.717) is 49.4 Å². The first-order valence-electron chi connectivity index (χ1n) is 8.26. The lowest BCUT2D eigenvalue weighted by atomic mass is 9.62. The zero-order valence-electron chi connectivity index (χ0n) is 13.2. The van der Waals surface area contributed by atoms with Crippen molar-refractivity contribution in [2.45, 2.75) is 64.2 Å². The van der Waals surface area contributed by atoms with E-state index in [4.69, 9.17) is 21.0 Å². The summed E-state index contributed by atoms with van der Waals surface area (Å²) < 4.78 is 0. The summed E-state index contributed by atoms with van der Waals surface area (Å²) in [6, 6.07) is 8.96. The van der Waals surface area contributed by atoms with Crippen LogP contribution in [0.15, 0.2) is 0 Å². The molecule has 0 bridgehead atoms. The Bertz CT molecular complexity index is 439. The predicted molar refractivity (Wildman–Crippen MR) is 82.6 cm³/mol. The SMILES string of the molecule is N#CCCC1CCC(CCC#N)C(CCC#N)C1CCC#N. The lowest BCUT2D eigenvalue weighted by molar-refractivity contribution is 0.0681. The van der Waals surface area contributed by atoms with Crippen LogP contribution in [0.1, 0.15) is 64.2 Å². The Morgan fingerprint density at radius 3 is 1.18 bits per heavy atom. The largest absolute Gasteiger partial charge is 0.198 e. The molecule has 0 saturated heterocycles. The molecule has 4 unspecified atom stereocenters. The van der Waals surface area contributed by atoms with Gasteiger partial charge in [0.1, 0.15) is 0 Å². The van der Waals surface area contributed by atoms with Gasteiger partial charge in [-0.05, 0) is 62.2 Å². The zero-order valence-corrected chi connectivity index (χ0v) is 13.2. The van der Waals surface area contributed by atoms with Crippen LogP contribution in [0, 0.1) is 69.0 Å². The average molecular weight is 296 g/mol. The van der Waals surface area contributed by atoms with E-state index in [-0.39, 0.29) is 0 Å². The molecule has 4 atom stereocenters. The fourth-order valence-electron chi connectivity index (χ4n) is 4.13. The molecule has 0 spiro atoms. The minimum Gasteiger partial charge on any atom is -0.198 e. The smallest absolute Gasteiger partial charge is 0.0621 e. The molecule has 0 N–H and O–H groups in total. The maximum atomic E-state index is 8.93. The number of hydrogen-bond donors (Lipinski definition) is 0. The van der Waals surface area contributed by atoms with E-state index in [0.717, 1.165) is 38.5 Å². The molecule has 0 aromatic carbocycles. The minimum absolute atomic E-state index is 0.429. The summed E-state index contributed by atoms with van der Waals surface area (Å²) in [6.07, 6.45) is 7.96. The van der Waals surface area contributed by atoms with Gasteiger partial charge in [-0.3, -0.25) is 0 Å². The molecule has 1 aliphatic carbocycles. The maximum Gasteiger partial charge on any atom is 0.0621 e. The third-order valence-corrected chi connectivity index (χ3v) is 5.10. The van der Waals surface area contributed by atoms with Gasteiger partial charge in [0.05, 0.1) is 24.3 Å². The zero-order chi connectivity index (χ0) is 16.2. The van der Waals surface area contributed by atoms with Crippen molar-refractivity contribution in [2.24, 2.45) is 23.7 Å². The molecule has 4 heteroatoms. The molecule has 0 aliphatic heterocycles. The summed E-state index contributed by atoms with van der Waals surface area (Å²) in [6.45, 7) is 0.